The van der Waals surface area contributed by atoms with Crippen molar-refractivity contribution in [3.8, 4) is 17.3 Å². The molecule has 0 unspecified atom stereocenters. The predicted molar refractivity (Wildman–Crippen MR) is 143 cm³/mol. The zero-order valence-electron chi connectivity index (χ0n) is 21.2. The van der Waals surface area contributed by atoms with Crippen LogP contribution in [0.5, 0.6) is 0 Å². The van der Waals surface area contributed by atoms with Gasteiger partial charge in [-0.3, -0.25) is 14.6 Å². The highest BCUT2D eigenvalue weighted by Gasteiger charge is 2.31. The Morgan fingerprint density at radius 1 is 1.21 bits per heavy atom. The first kappa shape index (κ1) is 25.7. The van der Waals surface area contributed by atoms with Gasteiger partial charge < -0.3 is 14.8 Å². The zero-order valence-corrected chi connectivity index (χ0v) is 21.9. The number of aryl methyl sites for hydroxylation is 1. The number of carbonyl (C=O) groups is 2. The first-order chi connectivity index (χ1) is 18.3. The number of fused-ring (bicyclic) bond motifs is 4. The van der Waals surface area contributed by atoms with Crippen LogP contribution in [0.1, 0.15) is 55.5 Å². The van der Waals surface area contributed by atoms with E-state index in [-0.39, 0.29) is 39.9 Å². The van der Waals surface area contributed by atoms with Gasteiger partial charge in [0.25, 0.3) is 0 Å². The van der Waals surface area contributed by atoms with E-state index in [4.69, 9.17) is 11.6 Å². The molecule has 0 saturated carbocycles. The Morgan fingerprint density at radius 2 is 2.03 bits per heavy atom. The van der Waals surface area contributed by atoms with E-state index in [0.29, 0.717) is 37.8 Å². The number of hydrogen-bond donors (Lipinski definition) is 1. The predicted octanol–water partition coefficient (Wildman–Crippen LogP) is 5.87. The lowest BCUT2D eigenvalue weighted by molar-refractivity contribution is -0.129. The quantitative estimate of drug-likeness (QED) is 0.448. The van der Waals surface area contributed by atoms with E-state index in [9.17, 15) is 19.2 Å². The van der Waals surface area contributed by atoms with Gasteiger partial charge in [-0.05, 0) is 55.2 Å². The van der Waals surface area contributed by atoms with Gasteiger partial charge in [-0.2, -0.15) is 5.26 Å². The third-order valence-electron chi connectivity index (χ3n) is 7.40. The lowest BCUT2D eigenvalue weighted by Crippen LogP contribution is -2.38. The molecule has 2 aliphatic heterocycles. The van der Waals surface area contributed by atoms with E-state index in [1.807, 2.05) is 49.0 Å². The highest BCUT2D eigenvalue weighted by atomic mass is 35.5. The van der Waals surface area contributed by atoms with E-state index in [0.717, 1.165) is 22.6 Å². The average Bonchev–Trinajstić information content (AvgIpc) is 3.27. The molecule has 5 rings (SSSR count). The van der Waals surface area contributed by atoms with Gasteiger partial charge in [0.05, 0.1) is 39.8 Å². The third-order valence-corrected chi connectivity index (χ3v) is 7.70. The van der Waals surface area contributed by atoms with Gasteiger partial charge in [-0.1, -0.05) is 24.9 Å². The van der Waals surface area contributed by atoms with Gasteiger partial charge >= 0.3 is 0 Å². The molecule has 0 saturated heterocycles. The lowest BCUT2D eigenvalue weighted by atomic mass is 9.92. The molecule has 2 aliphatic rings. The number of hydrogen-bond acceptors (Lipinski definition) is 4. The molecule has 38 heavy (non-hydrogen) atoms. The molecule has 4 heterocycles. The number of rotatable bonds is 2. The smallest absolute Gasteiger partial charge is 0.247 e. The highest BCUT2D eigenvalue weighted by molar-refractivity contribution is 6.31. The first-order valence-corrected chi connectivity index (χ1v) is 13.0. The molecule has 9 heteroatoms. The minimum Gasteiger partial charge on any atom is -0.349 e. The molecule has 0 aliphatic carbocycles. The fourth-order valence-corrected chi connectivity index (χ4v) is 5.51. The highest BCUT2D eigenvalue weighted by Crippen LogP contribution is 2.37. The normalized spacial score (nSPS) is 20.0. The molecule has 1 N–H and O–H groups in total. The van der Waals surface area contributed by atoms with Crippen molar-refractivity contribution >= 4 is 34.7 Å². The van der Waals surface area contributed by atoms with Crippen molar-refractivity contribution in [2.45, 2.75) is 38.6 Å². The Labute approximate surface area is 225 Å². The van der Waals surface area contributed by atoms with Crippen molar-refractivity contribution in [1.29, 1.82) is 5.26 Å². The Hall–Kier alpha value is -3.96. The number of anilines is 1. The summed E-state index contributed by atoms with van der Waals surface area (Å²) in [7, 11) is 1.92. The standard InChI is InChI=1S/C29H27ClFN5O2/c1-17-4-3-5-24(23-14-19(8-11-33-23)28-22(34-29(17)38)10-12-35(28)2)36-13-9-18(15-25(36)37)26-20(16-32)6-7-21(30)27(26)31/h6-8,10-12,14-15,17,24H,3-5,9,13H2,1-2H3,(H,34,38)/t17-,24+/m1/s1. The first-order valence-electron chi connectivity index (χ1n) is 12.6. The number of aromatic nitrogens is 2. The summed E-state index contributed by atoms with van der Waals surface area (Å²) in [5, 5.41) is 12.5. The van der Waals surface area contributed by atoms with Gasteiger partial charge in [-0.15, -0.1) is 0 Å². The number of nitrogens with one attached hydrogen (secondary N) is 1. The summed E-state index contributed by atoms with van der Waals surface area (Å²) in [6.07, 6.45) is 7.40. The number of nitrogens with zero attached hydrogens (tertiary/aromatic N) is 4. The van der Waals surface area contributed by atoms with E-state index in [1.165, 1.54) is 18.2 Å². The zero-order chi connectivity index (χ0) is 27.0. The van der Waals surface area contributed by atoms with Crippen LogP contribution >= 0.6 is 11.6 Å². The molecule has 2 atom stereocenters. The van der Waals surface area contributed by atoms with Crippen molar-refractivity contribution in [3.63, 3.8) is 0 Å². The molecule has 7 nitrogen and oxygen atoms in total. The van der Waals surface area contributed by atoms with Gasteiger partial charge in [0.1, 0.15) is 0 Å². The minimum absolute atomic E-state index is 0.0395. The fourth-order valence-electron chi connectivity index (χ4n) is 5.36. The van der Waals surface area contributed by atoms with Gasteiger partial charge in [0.2, 0.25) is 11.8 Å². The largest absolute Gasteiger partial charge is 0.349 e. The number of benzene rings is 1. The van der Waals surface area contributed by atoms with Crippen molar-refractivity contribution in [2.75, 3.05) is 11.9 Å². The van der Waals surface area contributed by atoms with Crippen molar-refractivity contribution in [1.82, 2.24) is 14.5 Å². The van der Waals surface area contributed by atoms with Crippen LogP contribution in [0.4, 0.5) is 10.1 Å². The Balaban J connectivity index is 1.54. The summed E-state index contributed by atoms with van der Waals surface area (Å²) in [5.74, 6) is -1.20. The number of nitriles is 1. The monoisotopic (exact) mass is 531 g/mol. The summed E-state index contributed by atoms with van der Waals surface area (Å²) < 4.78 is 16.9. The number of carbonyl (C=O) groups excluding carboxylic acids is 2. The van der Waals surface area contributed by atoms with Crippen LogP contribution in [-0.4, -0.2) is 32.8 Å². The maximum absolute atomic E-state index is 14.9. The minimum atomic E-state index is -0.691. The maximum atomic E-state index is 14.9. The molecule has 194 valence electrons. The van der Waals surface area contributed by atoms with Gasteiger partial charge in [0.15, 0.2) is 5.82 Å². The maximum Gasteiger partial charge on any atom is 0.247 e. The van der Waals surface area contributed by atoms with Crippen LogP contribution in [0.25, 0.3) is 16.8 Å². The van der Waals surface area contributed by atoms with Crippen LogP contribution in [-0.2, 0) is 16.6 Å². The number of halogens is 2. The average molecular weight is 532 g/mol. The Bertz CT molecular complexity index is 1510. The molecule has 0 fully saturated rings. The van der Waals surface area contributed by atoms with Crippen LogP contribution < -0.4 is 5.32 Å². The molecule has 3 aromatic rings. The second kappa shape index (κ2) is 10.4. The Kier molecular flexibility index (Phi) is 7.04. The van der Waals surface area contributed by atoms with E-state index >= 15 is 0 Å². The topological polar surface area (TPSA) is 91.0 Å². The van der Waals surface area contributed by atoms with Gasteiger partial charge in [0, 0.05) is 49.1 Å². The molecule has 0 radical (unpaired) electrons. The summed E-state index contributed by atoms with van der Waals surface area (Å²) in [5.41, 5.74) is 3.92. The van der Waals surface area contributed by atoms with Crippen molar-refractivity contribution in [3.05, 3.63) is 76.5 Å². The summed E-state index contributed by atoms with van der Waals surface area (Å²) >= 11 is 5.99. The van der Waals surface area contributed by atoms with Crippen LogP contribution in [0.15, 0.2) is 48.8 Å². The summed E-state index contributed by atoms with van der Waals surface area (Å²) in [4.78, 5) is 32.8. The molecular weight excluding hydrogens is 505 g/mol. The van der Waals surface area contributed by atoms with Crippen molar-refractivity contribution < 1.29 is 14.0 Å². The van der Waals surface area contributed by atoms with E-state index < -0.39 is 5.82 Å². The van der Waals surface area contributed by atoms with Crippen LogP contribution in [0, 0.1) is 23.1 Å². The summed E-state index contributed by atoms with van der Waals surface area (Å²) in [6, 6.07) is 10.2. The second-order valence-electron chi connectivity index (χ2n) is 9.84. The molecule has 2 amide bonds. The number of amides is 2. The van der Waals surface area contributed by atoms with Crippen molar-refractivity contribution in [2.24, 2.45) is 13.0 Å². The second-order valence-corrected chi connectivity index (χ2v) is 10.2. The fraction of sp³-hybridized carbons (Fsp3) is 0.310. The third kappa shape index (κ3) is 4.70. The van der Waals surface area contributed by atoms with Gasteiger partial charge in [-0.25, -0.2) is 4.39 Å². The summed E-state index contributed by atoms with van der Waals surface area (Å²) in [6.45, 7) is 2.24. The SMILES string of the molecule is C[C@@H]1CCC[C@H](N2CCC(c3c(C#N)ccc(Cl)c3F)=CC2=O)c2cc(ccn2)-c2c(ccn2C)NC1=O. The number of pyridine rings is 1. The van der Waals surface area contributed by atoms with E-state index in [1.54, 1.807) is 11.1 Å². The van der Waals surface area contributed by atoms with E-state index in [2.05, 4.69) is 10.3 Å². The molecule has 1 aromatic carbocycles. The Morgan fingerprint density at radius 3 is 2.79 bits per heavy atom. The molecule has 0 spiro atoms. The molecular formula is C29H27ClFN5O2. The lowest BCUT2D eigenvalue weighted by Gasteiger charge is -2.34. The molecule has 2 aromatic heterocycles. The molecule has 2 bridgehead atoms. The van der Waals surface area contributed by atoms with Crippen LogP contribution in [0.3, 0.4) is 0 Å². The van der Waals surface area contributed by atoms with Crippen LogP contribution in [0.2, 0.25) is 5.02 Å².